The molecule has 0 aliphatic carbocycles. The molecule has 0 radical (unpaired) electrons. The van der Waals surface area contributed by atoms with Crippen LogP contribution >= 0.6 is 0 Å². The van der Waals surface area contributed by atoms with Gasteiger partial charge in [0.2, 0.25) is 0 Å². The summed E-state index contributed by atoms with van der Waals surface area (Å²) < 4.78 is 0. The van der Waals surface area contributed by atoms with Gasteiger partial charge in [-0.1, -0.05) is 6.07 Å². The Morgan fingerprint density at radius 1 is 1.39 bits per heavy atom. The standard InChI is InChI=1S/C12H16N4O2/c1-13-10(11(14-2)12(17)18)7-3-4-8-9(5-7)16-6-15-8/h3-6,10-11,13-14H,1-2H3,(H,15,16)(H,17,18). The summed E-state index contributed by atoms with van der Waals surface area (Å²) in [7, 11) is 3.38. The van der Waals surface area contributed by atoms with Crippen molar-refractivity contribution in [3.05, 3.63) is 30.1 Å². The zero-order valence-corrected chi connectivity index (χ0v) is 10.3. The third kappa shape index (κ3) is 2.20. The first-order valence-electron chi connectivity index (χ1n) is 5.67. The maximum Gasteiger partial charge on any atom is 0.322 e. The smallest absolute Gasteiger partial charge is 0.322 e. The second-order valence-corrected chi connectivity index (χ2v) is 4.05. The summed E-state index contributed by atoms with van der Waals surface area (Å²) in [6.07, 6.45) is 1.62. The molecule has 0 amide bonds. The molecule has 0 spiro atoms. The van der Waals surface area contributed by atoms with E-state index in [1.165, 1.54) is 0 Å². The van der Waals surface area contributed by atoms with Crippen LogP contribution < -0.4 is 10.6 Å². The number of carboxylic acids is 1. The van der Waals surface area contributed by atoms with Gasteiger partial charge in [0.25, 0.3) is 0 Å². The molecule has 0 aliphatic heterocycles. The molecular formula is C12H16N4O2. The average molecular weight is 248 g/mol. The van der Waals surface area contributed by atoms with Crippen LogP contribution in [0.1, 0.15) is 11.6 Å². The Hall–Kier alpha value is -1.92. The number of nitrogens with zero attached hydrogens (tertiary/aromatic N) is 1. The zero-order chi connectivity index (χ0) is 13.1. The van der Waals surface area contributed by atoms with E-state index in [1.807, 2.05) is 18.2 Å². The fourth-order valence-corrected chi connectivity index (χ4v) is 2.11. The van der Waals surface area contributed by atoms with E-state index in [2.05, 4.69) is 20.6 Å². The SMILES string of the molecule is CNC(C(=O)O)C(NC)c1ccc2nc[nH]c2c1. The Kier molecular flexibility index (Phi) is 3.59. The minimum atomic E-state index is -0.887. The van der Waals surface area contributed by atoms with Crippen LogP contribution in [0.5, 0.6) is 0 Å². The fraction of sp³-hybridized carbons (Fsp3) is 0.333. The van der Waals surface area contributed by atoms with Gasteiger partial charge in [0.05, 0.1) is 23.4 Å². The molecule has 2 rings (SSSR count). The molecule has 18 heavy (non-hydrogen) atoms. The lowest BCUT2D eigenvalue weighted by Gasteiger charge is -2.23. The van der Waals surface area contributed by atoms with Crippen molar-refractivity contribution >= 4 is 17.0 Å². The first-order chi connectivity index (χ1) is 8.67. The lowest BCUT2D eigenvalue weighted by molar-refractivity contribution is -0.140. The number of nitrogens with one attached hydrogen (secondary N) is 3. The number of aromatic amines is 1. The monoisotopic (exact) mass is 248 g/mol. The van der Waals surface area contributed by atoms with Crippen LogP contribution in [-0.4, -0.2) is 41.2 Å². The van der Waals surface area contributed by atoms with E-state index in [4.69, 9.17) is 0 Å². The molecule has 0 saturated heterocycles. The molecule has 4 N–H and O–H groups in total. The van der Waals surface area contributed by atoms with Crippen LogP contribution in [0, 0.1) is 0 Å². The summed E-state index contributed by atoms with van der Waals surface area (Å²) in [5.74, 6) is -0.887. The Bertz CT molecular complexity index is 552. The Morgan fingerprint density at radius 2 is 2.17 bits per heavy atom. The van der Waals surface area contributed by atoms with Gasteiger partial charge in [-0.2, -0.15) is 0 Å². The van der Waals surface area contributed by atoms with Gasteiger partial charge in [-0.25, -0.2) is 4.98 Å². The molecular weight excluding hydrogens is 232 g/mol. The number of aliphatic carboxylic acids is 1. The summed E-state index contributed by atoms with van der Waals surface area (Å²) in [5, 5.41) is 15.0. The van der Waals surface area contributed by atoms with Crippen molar-refractivity contribution in [3.8, 4) is 0 Å². The predicted octanol–water partition coefficient (Wildman–Crippen LogP) is 0.496. The molecule has 6 nitrogen and oxygen atoms in total. The second-order valence-electron chi connectivity index (χ2n) is 4.05. The highest BCUT2D eigenvalue weighted by atomic mass is 16.4. The van der Waals surface area contributed by atoms with Crippen molar-refractivity contribution in [2.75, 3.05) is 14.1 Å². The van der Waals surface area contributed by atoms with E-state index < -0.39 is 12.0 Å². The first-order valence-corrected chi connectivity index (χ1v) is 5.67. The van der Waals surface area contributed by atoms with Crippen molar-refractivity contribution in [3.63, 3.8) is 0 Å². The summed E-state index contributed by atoms with van der Waals surface area (Å²) >= 11 is 0. The van der Waals surface area contributed by atoms with Crippen LogP contribution in [-0.2, 0) is 4.79 Å². The molecule has 1 aromatic heterocycles. The van der Waals surface area contributed by atoms with Crippen molar-refractivity contribution in [1.29, 1.82) is 0 Å². The van der Waals surface area contributed by atoms with Crippen molar-refractivity contribution in [2.24, 2.45) is 0 Å². The quantitative estimate of drug-likeness (QED) is 0.618. The number of hydrogen-bond donors (Lipinski definition) is 4. The van der Waals surface area contributed by atoms with E-state index in [1.54, 1.807) is 20.4 Å². The number of fused-ring (bicyclic) bond motifs is 1. The Balaban J connectivity index is 2.39. The highest BCUT2D eigenvalue weighted by Crippen LogP contribution is 2.20. The summed E-state index contributed by atoms with van der Waals surface area (Å²) in [6, 6.07) is 4.68. The molecule has 96 valence electrons. The lowest BCUT2D eigenvalue weighted by atomic mass is 9.99. The molecule has 6 heteroatoms. The maximum absolute atomic E-state index is 11.2. The molecule has 0 bridgehead atoms. The number of rotatable bonds is 5. The van der Waals surface area contributed by atoms with E-state index in [0.29, 0.717) is 0 Å². The van der Waals surface area contributed by atoms with E-state index in [9.17, 15) is 9.90 Å². The summed E-state index contributed by atoms with van der Waals surface area (Å²) in [4.78, 5) is 18.4. The highest BCUT2D eigenvalue weighted by molar-refractivity contribution is 5.77. The highest BCUT2D eigenvalue weighted by Gasteiger charge is 2.26. The molecule has 0 fully saturated rings. The van der Waals surface area contributed by atoms with Gasteiger partial charge in [0, 0.05) is 0 Å². The minimum Gasteiger partial charge on any atom is -0.480 e. The summed E-state index contributed by atoms with van der Waals surface area (Å²) in [5.41, 5.74) is 2.66. The largest absolute Gasteiger partial charge is 0.480 e. The Morgan fingerprint density at radius 3 is 2.78 bits per heavy atom. The van der Waals surface area contributed by atoms with Crippen molar-refractivity contribution < 1.29 is 9.90 Å². The van der Waals surface area contributed by atoms with Gasteiger partial charge in [-0.05, 0) is 31.8 Å². The van der Waals surface area contributed by atoms with Crippen molar-refractivity contribution in [1.82, 2.24) is 20.6 Å². The van der Waals surface area contributed by atoms with Gasteiger partial charge < -0.3 is 20.7 Å². The number of imidazole rings is 1. The number of carbonyl (C=O) groups is 1. The van der Waals surface area contributed by atoms with Crippen LogP contribution in [0.3, 0.4) is 0 Å². The molecule has 0 aliphatic rings. The number of carboxylic acid groups (broad SMARTS) is 1. The predicted molar refractivity (Wildman–Crippen MR) is 68.4 cm³/mol. The minimum absolute atomic E-state index is 0.305. The number of likely N-dealkylation sites (N-methyl/N-ethyl adjacent to an activating group) is 2. The fourth-order valence-electron chi connectivity index (χ4n) is 2.11. The van der Waals surface area contributed by atoms with Gasteiger partial charge >= 0.3 is 5.97 Å². The Labute approximate surface area is 104 Å². The van der Waals surface area contributed by atoms with Crippen LogP contribution in [0.15, 0.2) is 24.5 Å². The van der Waals surface area contributed by atoms with Crippen molar-refractivity contribution in [2.45, 2.75) is 12.1 Å². The third-order valence-electron chi connectivity index (χ3n) is 3.02. The van der Waals surface area contributed by atoms with E-state index in [-0.39, 0.29) is 6.04 Å². The molecule has 2 aromatic rings. The zero-order valence-electron chi connectivity index (χ0n) is 10.3. The molecule has 2 atom stereocenters. The molecule has 1 aromatic carbocycles. The van der Waals surface area contributed by atoms with Crippen LogP contribution in [0.4, 0.5) is 0 Å². The number of aromatic nitrogens is 2. The molecule has 2 unspecified atom stereocenters. The van der Waals surface area contributed by atoms with E-state index >= 15 is 0 Å². The normalized spacial score (nSPS) is 14.6. The van der Waals surface area contributed by atoms with Gasteiger partial charge in [-0.3, -0.25) is 4.79 Å². The van der Waals surface area contributed by atoms with Crippen LogP contribution in [0.25, 0.3) is 11.0 Å². The molecule has 0 saturated carbocycles. The number of benzene rings is 1. The summed E-state index contributed by atoms with van der Waals surface area (Å²) in [6.45, 7) is 0. The molecule has 1 heterocycles. The van der Waals surface area contributed by atoms with Crippen LogP contribution in [0.2, 0.25) is 0 Å². The van der Waals surface area contributed by atoms with E-state index in [0.717, 1.165) is 16.6 Å². The van der Waals surface area contributed by atoms with Gasteiger partial charge in [-0.15, -0.1) is 0 Å². The number of H-pyrrole nitrogens is 1. The first kappa shape index (κ1) is 12.5. The average Bonchev–Trinajstić information content (AvgIpc) is 2.82. The maximum atomic E-state index is 11.2. The lowest BCUT2D eigenvalue weighted by Crippen LogP contribution is -2.44. The second kappa shape index (κ2) is 5.16. The third-order valence-corrected chi connectivity index (χ3v) is 3.02. The topological polar surface area (TPSA) is 90.0 Å². The van der Waals surface area contributed by atoms with Gasteiger partial charge in [0.1, 0.15) is 6.04 Å². The van der Waals surface area contributed by atoms with Gasteiger partial charge in [0.15, 0.2) is 0 Å². The number of hydrogen-bond acceptors (Lipinski definition) is 4.